The molecule has 4 rings (SSSR count). The Labute approximate surface area is 188 Å². The number of epoxide rings is 1. The molecule has 7 heteroatoms. The second-order valence-electron chi connectivity index (χ2n) is 8.53. The number of halogens is 2. The van der Waals surface area contributed by atoms with Crippen molar-refractivity contribution in [3.8, 4) is 5.75 Å². The Morgan fingerprint density at radius 1 is 1.19 bits per heavy atom. The fourth-order valence-electron chi connectivity index (χ4n) is 4.09. The van der Waals surface area contributed by atoms with E-state index in [9.17, 15) is 4.39 Å². The highest BCUT2D eigenvalue weighted by molar-refractivity contribution is 6.31. The summed E-state index contributed by atoms with van der Waals surface area (Å²) in [6.45, 7) is 7.40. The lowest BCUT2D eigenvalue weighted by molar-refractivity contribution is 0.0932. The van der Waals surface area contributed by atoms with E-state index in [1.54, 1.807) is 6.07 Å². The molecular formula is C24H31ClFN3O2. The van der Waals surface area contributed by atoms with Crippen molar-refractivity contribution in [3.05, 3.63) is 64.4 Å². The Morgan fingerprint density at radius 2 is 1.94 bits per heavy atom. The van der Waals surface area contributed by atoms with Crippen LogP contribution in [-0.4, -0.2) is 42.6 Å². The molecule has 31 heavy (non-hydrogen) atoms. The minimum Gasteiger partial charge on any atom is -0.491 e. The zero-order valence-corrected chi connectivity index (χ0v) is 18.9. The molecule has 5 nitrogen and oxygen atoms in total. The fraction of sp³-hybridized carbons (Fsp3) is 0.500. The van der Waals surface area contributed by atoms with Crippen LogP contribution in [0.5, 0.6) is 5.75 Å². The van der Waals surface area contributed by atoms with Crippen molar-refractivity contribution in [2.24, 2.45) is 0 Å². The Bertz CT molecular complexity index is 858. The van der Waals surface area contributed by atoms with Crippen LogP contribution in [0.1, 0.15) is 37.8 Å². The third kappa shape index (κ3) is 6.18. The van der Waals surface area contributed by atoms with Crippen molar-refractivity contribution in [1.29, 1.82) is 0 Å². The molecule has 2 aromatic carbocycles. The van der Waals surface area contributed by atoms with E-state index in [0.717, 1.165) is 43.8 Å². The van der Waals surface area contributed by atoms with Gasteiger partial charge in [-0.2, -0.15) is 0 Å². The number of hydrogen-bond acceptors (Lipinski definition) is 5. The summed E-state index contributed by atoms with van der Waals surface area (Å²) in [5, 5.41) is 7.38. The van der Waals surface area contributed by atoms with E-state index in [4.69, 9.17) is 21.1 Å². The molecular weight excluding hydrogens is 417 g/mol. The van der Waals surface area contributed by atoms with Crippen LogP contribution < -0.4 is 15.4 Å². The molecule has 2 aliphatic rings. The summed E-state index contributed by atoms with van der Waals surface area (Å²) in [4.78, 5) is 2.37. The van der Waals surface area contributed by atoms with Crippen LogP contribution in [0.15, 0.2) is 42.5 Å². The molecule has 2 heterocycles. The normalized spacial score (nSPS) is 21.6. The molecule has 0 bridgehead atoms. The van der Waals surface area contributed by atoms with Crippen LogP contribution in [0.3, 0.4) is 0 Å². The first-order valence-electron chi connectivity index (χ1n) is 11.0. The fourth-order valence-corrected chi connectivity index (χ4v) is 4.32. The largest absolute Gasteiger partial charge is 0.491 e. The van der Waals surface area contributed by atoms with Gasteiger partial charge in [0.05, 0.1) is 6.10 Å². The van der Waals surface area contributed by atoms with Gasteiger partial charge in [-0.15, -0.1) is 0 Å². The minimum absolute atomic E-state index is 0.00670. The van der Waals surface area contributed by atoms with E-state index in [-0.39, 0.29) is 24.4 Å². The van der Waals surface area contributed by atoms with Crippen LogP contribution in [0.4, 0.5) is 4.39 Å². The van der Waals surface area contributed by atoms with Crippen molar-refractivity contribution in [2.75, 3.05) is 13.1 Å². The van der Waals surface area contributed by atoms with Gasteiger partial charge in [0.1, 0.15) is 11.6 Å². The summed E-state index contributed by atoms with van der Waals surface area (Å²) in [6, 6.07) is 13.2. The average Bonchev–Trinajstić information content (AvgIpc) is 3.52. The predicted molar refractivity (Wildman–Crippen MR) is 121 cm³/mol. The van der Waals surface area contributed by atoms with Crippen molar-refractivity contribution < 1.29 is 13.9 Å². The SMILES string of the molecule is CC(C)Oc1ccc(CNC2OC2N(Cc2ccc(F)cc2Cl)C2CCNCC2)cc1. The number of ether oxygens (including phenoxy) is 2. The van der Waals surface area contributed by atoms with Gasteiger partial charge in [0, 0.05) is 24.2 Å². The first-order valence-corrected chi connectivity index (χ1v) is 11.4. The van der Waals surface area contributed by atoms with Crippen LogP contribution in [-0.2, 0) is 17.8 Å². The number of hydrogen-bond donors (Lipinski definition) is 2. The lowest BCUT2D eigenvalue weighted by atomic mass is 10.0. The van der Waals surface area contributed by atoms with Crippen molar-refractivity contribution in [2.45, 2.75) is 64.4 Å². The van der Waals surface area contributed by atoms with E-state index >= 15 is 0 Å². The second-order valence-corrected chi connectivity index (χ2v) is 8.94. The minimum atomic E-state index is -0.311. The number of benzene rings is 2. The van der Waals surface area contributed by atoms with Gasteiger partial charge in [0.15, 0.2) is 12.5 Å². The van der Waals surface area contributed by atoms with Crippen LogP contribution in [0.2, 0.25) is 5.02 Å². The topological polar surface area (TPSA) is 49.1 Å². The van der Waals surface area contributed by atoms with E-state index in [1.165, 1.54) is 17.7 Å². The molecule has 0 aromatic heterocycles. The maximum absolute atomic E-state index is 13.5. The van der Waals surface area contributed by atoms with Gasteiger partial charge < -0.3 is 14.8 Å². The van der Waals surface area contributed by atoms with Gasteiger partial charge in [0.2, 0.25) is 0 Å². The lowest BCUT2D eigenvalue weighted by Crippen LogP contribution is -2.45. The van der Waals surface area contributed by atoms with Gasteiger partial charge in [0.25, 0.3) is 0 Å². The number of nitrogens with zero attached hydrogens (tertiary/aromatic N) is 1. The average molecular weight is 448 g/mol. The highest BCUT2D eigenvalue weighted by Gasteiger charge is 2.46. The summed E-state index contributed by atoms with van der Waals surface area (Å²) in [7, 11) is 0. The summed E-state index contributed by atoms with van der Waals surface area (Å²) in [5.41, 5.74) is 2.11. The molecule has 2 aliphatic heterocycles. The molecule has 2 atom stereocenters. The van der Waals surface area contributed by atoms with E-state index in [1.807, 2.05) is 26.0 Å². The molecule has 2 saturated heterocycles. The molecule has 2 N–H and O–H groups in total. The van der Waals surface area contributed by atoms with Crippen molar-refractivity contribution >= 4 is 11.6 Å². The molecule has 2 aromatic rings. The Hall–Kier alpha value is -1.70. The van der Waals surface area contributed by atoms with Crippen molar-refractivity contribution in [3.63, 3.8) is 0 Å². The smallest absolute Gasteiger partial charge is 0.153 e. The van der Waals surface area contributed by atoms with Gasteiger partial charge in [-0.05, 0) is 75.2 Å². The van der Waals surface area contributed by atoms with Crippen molar-refractivity contribution in [1.82, 2.24) is 15.5 Å². The maximum Gasteiger partial charge on any atom is 0.153 e. The highest BCUT2D eigenvalue weighted by Crippen LogP contribution is 2.32. The second kappa shape index (κ2) is 10.3. The zero-order valence-electron chi connectivity index (χ0n) is 18.1. The quantitative estimate of drug-likeness (QED) is 0.561. The molecule has 0 spiro atoms. The van der Waals surface area contributed by atoms with Crippen LogP contribution in [0.25, 0.3) is 0 Å². The first kappa shape index (κ1) is 22.5. The number of nitrogens with one attached hydrogen (secondary N) is 2. The standard InChI is InChI=1S/C24H31ClFN3O2/c1-16(2)30-21-7-3-17(4-8-21)14-28-23-24(31-23)29(20-9-11-27-12-10-20)15-18-5-6-19(26)13-22(18)25/h3-8,13,16,20,23-24,27-28H,9-12,14-15H2,1-2H3. The molecule has 0 radical (unpaired) electrons. The van der Waals surface area contributed by atoms with E-state index < -0.39 is 0 Å². The van der Waals surface area contributed by atoms with Gasteiger partial charge in [-0.1, -0.05) is 29.8 Å². The van der Waals surface area contributed by atoms with E-state index in [0.29, 0.717) is 17.6 Å². The van der Waals surface area contributed by atoms with E-state index in [2.05, 4.69) is 27.7 Å². The van der Waals surface area contributed by atoms with Crippen LogP contribution in [0, 0.1) is 5.82 Å². The third-order valence-electron chi connectivity index (χ3n) is 5.74. The first-order chi connectivity index (χ1) is 15.0. The van der Waals surface area contributed by atoms with Gasteiger partial charge in [-0.25, -0.2) is 4.39 Å². The molecule has 2 unspecified atom stereocenters. The van der Waals surface area contributed by atoms with Crippen LogP contribution >= 0.6 is 11.6 Å². The molecule has 0 amide bonds. The number of rotatable bonds is 9. The van der Waals surface area contributed by atoms with Gasteiger partial charge in [-0.3, -0.25) is 10.2 Å². The molecule has 168 valence electrons. The number of piperidine rings is 1. The maximum atomic E-state index is 13.5. The summed E-state index contributed by atoms with van der Waals surface area (Å²) in [5.74, 6) is 0.571. The van der Waals surface area contributed by atoms with Gasteiger partial charge >= 0.3 is 0 Å². The highest BCUT2D eigenvalue weighted by atomic mass is 35.5. The summed E-state index contributed by atoms with van der Waals surface area (Å²) < 4.78 is 25.2. The molecule has 0 aliphatic carbocycles. The Morgan fingerprint density at radius 3 is 2.61 bits per heavy atom. The monoisotopic (exact) mass is 447 g/mol. The lowest BCUT2D eigenvalue weighted by Gasteiger charge is -2.34. The third-order valence-corrected chi connectivity index (χ3v) is 6.10. The molecule has 0 saturated carbocycles. The Balaban J connectivity index is 1.36. The molecule has 2 fully saturated rings. The predicted octanol–water partition coefficient (Wildman–Crippen LogP) is 4.29. The summed E-state index contributed by atoms with van der Waals surface area (Å²) >= 11 is 6.31. The zero-order chi connectivity index (χ0) is 21.8. The summed E-state index contributed by atoms with van der Waals surface area (Å²) in [6.07, 6.45) is 2.25. The Kier molecular flexibility index (Phi) is 7.46.